The van der Waals surface area contributed by atoms with E-state index < -0.39 is 5.91 Å². The number of nitrogens with zero attached hydrogens (tertiary/aromatic N) is 5. The van der Waals surface area contributed by atoms with Crippen LogP contribution in [0.25, 0.3) is 11.8 Å². The van der Waals surface area contributed by atoms with Crippen LogP contribution < -0.4 is 0 Å². The summed E-state index contributed by atoms with van der Waals surface area (Å²) in [4.78, 5) is 21.1. The van der Waals surface area contributed by atoms with E-state index in [9.17, 15) is 4.79 Å². The number of nitrogens with one attached hydrogen (secondary N) is 1. The minimum atomic E-state index is -0.433. The van der Waals surface area contributed by atoms with E-state index in [0.29, 0.717) is 10.2 Å². The Labute approximate surface area is 189 Å². The lowest BCUT2D eigenvalue weighted by Crippen LogP contribution is -2.35. The van der Waals surface area contributed by atoms with Crippen LogP contribution in [0, 0.1) is 26.2 Å². The summed E-state index contributed by atoms with van der Waals surface area (Å²) in [7, 11) is 0. The Hall–Kier alpha value is -3.78. The van der Waals surface area contributed by atoms with E-state index in [0.717, 1.165) is 33.8 Å². The van der Waals surface area contributed by atoms with Crippen molar-refractivity contribution in [3.8, 4) is 5.69 Å². The predicted octanol–water partition coefficient (Wildman–Crippen LogP) is 4.47. The van der Waals surface area contributed by atoms with Gasteiger partial charge in [0.05, 0.1) is 5.57 Å². The van der Waals surface area contributed by atoms with Crippen LogP contribution in [-0.4, -0.2) is 36.5 Å². The van der Waals surface area contributed by atoms with Crippen molar-refractivity contribution in [2.75, 3.05) is 0 Å². The largest absolute Gasteiger partial charge is 0.318 e. The van der Waals surface area contributed by atoms with Crippen LogP contribution in [0.2, 0.25) is 0 Å². The number of aromatic nitrogens is 2. The molecule has 0 bridgehead atoms. The number of pyridine rings is 1. The van der Waals surface area contributed by atoms with Gasteiger partial charge in [0, 0.05) is 35.0 Å². The molecule has 2 aliphatic heterocycles. The molecule has 0 fully saturated rings. The van der Waals surface area contributed by atoms with E-state index in [1.54, 1.807) is 18.5 Å². The number of thioether (sulfide) groups is 1. The van der Waals surface area contributed by atoms with Gasteiger partial charge >= 0.3 is 0 Å². The number of amides is 1. The summed E-state index contributed by atoms with van der Waals surface area (Å²) in [6.45, 7) is 6.13. The molecule has 0 saturated heterocycles. The molecule has 0 unspecified atom stereocenters. The maximum atomic E-state index is 12.8. The topological polar surface area (TPSA) is 86.7 Å². The highest BCUT2D eigenvalue weighted by Gasteiger charge is 2.36. The predicted molar refractivity (Wildman–Crippen MR) is 128 cm³/mol. The molecule has 1 amide bonds. The average molecular weight is 441 g/mol. The van der Waals surface area contributed by atoms with Gasteiger partial charge in [-0.25, -0.2) is 0 Å². The van der Waals surface area contributed by atoms with Crippen LogP contribution in [0.1, 0.15) is 28.1 Å². The average Bonchev–Trinajstić information content (AvgIpc) is 3.33. The molecule has 158 valence electrons. The summed E-state index contributed by atoms with van der Waals surface area (Å²) in [5.74, 6) is -0.413. The summed E-state index contributed by atoms with van der Waals surface area (Å²) in [5, 5.41) is 15.6. The molecule has 0 spiro atoms. The van der Waals surface area contributed by atoms with E-state index >= 15 is 0 Å². The van der Waals surface area contributed by atoms with E-state index in [2.05, 4.69) is 38.7 Å². The van der Waals surface area contributed by atoms with Crippen molar-refractivity contribution < 1.29 is 4.79 Å². The Morgan fingerprint density at radius 2 is 1.91 bits per heavy atom. The number of para-hydroxylation sites is 1. The van der Waals surface area contributed by atoms with Crippen molar-refractivity contribution in [1.29, 1.82) is 5.41 Å². The lowest BCUT2D eigenvalue weighted by atomic mass is 10.1. The fourth-order valence-electron chi connectivity index (χ4n) is 3.87. The van der Waals surface area contributed by atoms with Crippen molar-refractivity contribution in [2.45, 2.75) is 20.8 Å². The molecule has 7 nitrogen and oxygen atoms in total. The van der Waals surface area contributed by atoms with Gasteiger partial charge in [-0.05, 0) is 74.0 Å². The molecule has 32 heavy (non-hydrogen) atoms. The molecule has 2 aliphatic rings. The van der Waals surface area contributed by atoms with E-state index in [-0.39, 0.29) is 11.4 Å². The highest BCUT2D eigenvalue weighted by molar-refractivity contribution is 8.27. The first kappa shape index (κ1) is 20.1. The molecule has 3 aromatic rings. The second-order valence-corrected chi connectivity index (χ2v) is 8.57. The molecule has 0 saturated carbocycles. The molecule has 1 aromatic carbocycles. The third-order valence-corrected chi connectivity index (χ3v) is 6.45. The maximum Gasteiger partial charge on any atom is 0.283 e. The van der Waals surface area contributed by atoms with E-state index in [4.69, 9.17) is 5.41 Å². The minimum absolute atomic E-state index is 0.0204. The van der Waals surface area contributed by atoms with E-state index in [1.165, 1.54) is 16.8 Å². The number of benzene rings is 1. The molecule has 0 aliphatic carbocycles. The van der Waals surface area contributed by atoms with Gasteiger partial charge in [0.1, 0.15) is 5.04 Å². The van der Waals surface area contributed by atoms with Crippen molar-refractivity contribution >= 4 is 39.8 Å². The van der Waals surface area contributed by atoms with Gasteiger partial charge in [0.2, 0.25) is 5.17 Å². The Kier molecular flexibility index (Phi) is 4.86. The first-order valence-corrected chi connectivity index (χ1v) is 10.9. The molecule has 8 heteroatoms. The number of hydrogen-bond donors (Lipinski definition) is 1. The number of aliphatic imine (C=N–C) groups is 1. The van der Waals surface area contributed by atoms with Crippen LogP contribution in [0.4, 0.5) is 0 Å². The zero-order valence-electron chi connectivity index (χ0n) is 17.8. The molecular formula is C24H20N6OS. The number of carbonyl (C=O) groups excluding carboxylic acids is 1. The smallest absolute Gasteiger partial charge is 0.283 e. The summed E-state index contributed by atoms with van der Waals surface area (Å²) < 4.78 is 2.16. The lowest BCUT2D eigenvalue weighted by molar-refractivity contribution is -0.114. The Bertz CT molecular complexity index is 1370. The van der Waals surface area contributed by atoms with Gasteiger partial charge in [0.15, 0.2) is 5.84 Å². The van der Waals surface area contributed by atoms with Crippen LogP contribution in [0.15, 0.2) is 70.5 Å². The standard InChI is InChI=1S/C24H20N6OS/c1-14-7-4-5-9-20(14)29-15(2)11-18(16(29)3)12-19-21(25)30-24(27-22(19)31)32-23(28-30)17-8-6-10-26-13-17/h4-13,25H,1-3H3/b19-12+,25-21?. The summed E-state index contributed by atoms with van der Waals surface area (Å²) in [5.41, 5.74) is 6.22. The fourth-order valence-corrected chi connectivity index (χ4v) is 4.75. The number of fused-ring (bicyclic) bond motifs is 1. The third kappa shape index (κ3) is 3.29. The molecule has 1 N–H and O–H groups in total. The molecular weight excluding hydrogens is 420 g/mol. The first-order valence-electron chi connectivity index (χ1n) is 10.1. The SMILES string of the molecule is Cc1ccccc1-n1c(C)cc(/C=C2\C(=N)N3N=C(c4cccnc4)SC3=NC2=O)c1C. The van der Waals surface area contributed by atoms with Gasteiger partial charge in [-0.2, -0.15) is 15.1 Å². The summed E-state index contributed by atoms with van der Waals surface area (Å²) in [6.07, 6.45) is 5.13. The van der Waals surface area contributed by atoms with Gasteiger partial charge in [-0.15, -0.1) is 0 Å². The van der Waals surface area contributed by atoms with Gasteiger partial charge < -0.3 is 4.57 Å². The second kappa shape index (κ2) is 7.72. The summed E-state index contributed by atoms with van der Waals surface area (Å²) >= 11 is 1.27. The van der Waals surface area contributed by atoms with E-state index in [1.807, 2.05) is 44.2 Å². The lowest BCUT2D eigenvalue weighted by Gasteiger charge is -2.20. The molecule has 5 rings (SSSR count). The van der Waals surface area contributed by atoms with Crippen LogP contribution >= 0.6 is 11.8 Å². The number of rotatable bonds is 3. The van der Waals surface area contributed by atoms with Crippen molar-refractivity contribution in [3.63, 3.8) is 0 Å². The zero-order chi connectivity index (χ0) is 22.4. The van der Waals surface area contributed by atoms with Crippen molar-refractivity contribution in [3.05, 3.63) is 88.5 Å². The van der Waals surface area contributed by atoms with Crippen LogP contribution in [0.5, 0.6) is 0 Å². The highest BCUT2D eigenvalue weighted by atomic mass is 32.2. The third-order valence-electron chi connectivity index (χ3n) is 5.49. The van der Waals surface area contributed by atoms with Gasteiger partial charge in [-0.1, -0.05) is 18.2 Å². The first-order chi connectivity index (χ1) is 15.4. The van der Waals surface area contributed by atoms with Crippen LogP contribution in [0.3, 0.4) is 0 Å². The minimum Gasteiger partial charge on any atom is -0.318 e. The Morgan fingerprint density at radius 1 is 1.09 bits per heavy atom. The quantitative estimate of drug-likeness (QED) is 0.609. The van der Waals surface area contributed by atoms with Gasteiger partial charge in [-0.3, -0.25) is 15.2 Å². The number of aryl methyl sites for hydroxylation is 2. The molecule has 2 aromatic heterocycles. The second-order valence-electron chi connectivity index (χ2n) is 7.62. The van der Waals surface area contributed by atoms with Gasteiger partial charge in [0.25, 0.3) is 5.91 Å². The zero-order valence-corrected chi connectivity index (χ0v) is 18.6. The molecule has 0 atom stereocenters. The molecule has 0 radical (unpaired) electrons. The Balaban J connectivity index is 1.53. The number of hydrogen-bond acceptors (Lipinski definition) is 5. The maximum absolute atomic E-state index is 12.8. The normalized spacial score (nSPS) is 17.0. The number of amidine groups is 2. The highest BCUT2D eigenvalue weighted by Crippen LogP contribution is 2.32. The monoisotopic (exact) mass is 440 g/mol. The number of hydrazone groups is 1. The molecule has 4 heterocycles. The fraction of sp³-hybridized carbons (Fsp3) is 0.125. The van der Waals surface area contributed by atoms with Crippen molar-refractivity contribution in [1.82, 2.24) is 14.6 Å². The Morgan fingerprint density at radius 3 is 2.66 bits per heavy atom. The number of carbonyl (C=O) groups is 1. The van der Waals surface area contributed by atoms with Crippen molar-refractivity contribution in [2.24, 2.45) is 10.1 Å². The summed E-state index contributed by atoms with van der Waals surface area (Å²) in [6, 6.07) is 13.9. The van der Waals surface area contributed by atoms with Crippen LogP contribution in [-0.2, 0) is 4.79 Å².